The van der Waals surface area contributed by atoms with E-state index < -0.39 is 0 Å². The highest BCUT2D eigenvalue weighted by molar-refractivity contribution is 6.36. The molecule has 2 heterocycles. The van der Waals surface area contributed by atoms with Crippen LogP contribution in [0.25, 0.3) is 17.0 Å². The highest BCUT2D eigenvalue weighted by Gasteiger charge is 2.21. The van der Waals surface area contributed by atoms with Gasteiger partial charge in [-0.1, -0.05) is 36.5 Å². The van der Waals surface area contributed by atoms with Crippen molar-refractivity contribution >= 4 is 28.9 Å². The van der Waals surface area contributed by atoms with Crippen LogP contribution in [-0.4, -0.2) is 9.61 Å². The summed E-state index contributed by atoms with van der Waals surface area (Å²) in [6, 6.07) is 5.48. The summed E-state index contributed by atoms with van der Waals surface area (Å²) in [5.74, 6) is 0.810. The molecule has 0 aliphatic carbocycles. The van der Waals surface area contributed by atoms with Crippen LogP contribution in [0.3, 0.4) is 0 Å². The van der Waals surface area contributed by atoms with E-state index in [1.807, 2.05) is 30.5 Å². The molecule has 22 heavy (non-hydrogen) atoms. The fraction of sp³-hybridized carbons (Fsp3) is 0.353. The van der Waals surface area contributed by atoms with Crippen LogP contribution < -0.4 is 0 Å². The third kappa shape index (κ3) is 2.53. The van der Waals surface area contributed by atoms with Crippen LogP contribution in [0.4, 0.5) is 0 Å². The van der Waals surface area contributed by atoms with E-state index in [9.17, 15) is 0 Å². The lowest BCUT2D eigenvalue weighted by Gasteiger charge is -2.03. The minimum Gasteiger partial charge on any atom is -0.441 e. The quantitative estimate of drug-likeness (QED) is 0.597. The van der Waals surface area contributed by atoms with Gasteiger partial charge in [0.15, 0.2) is 0 Å². The molecule has 5 heteroatoms. The normalized spacial score (nSPS) is 11.5. The first-order valence-electron chi connectivity index (χ1n) is 7.46. The maximum Gasteiger partial charge on any atom is 0.225 e. The Hall–Kier alpha value is -1.45. The molecule has 2 aromatic heterocycles. The van der Waals surface area contributed by atoms with E-state index in [1.165, 1.54) is 5.56 Å². The average molecular weight is 337 g/mol. The Bertz CT molecular complexity index is 833. The Morgan fingerprint density at radius 3 is 2.68 bits per heavy atom. The van der Waals surface area contributed by atoms with Crippen LogP contribution in [0.1, 0.15) is 36.8 Å². The summed E-state index contributed by atoms with van der Waals surface area (Å²) in [6.45, 7) is 6.15. The van der Waals surface area contributed by atoms with Gasteiger partial charge in [-0.15, -0.1) is 0 Å². The molecule has 3 rings (SSSR count). The zero-order valence-electron chi connectivity index (χ0n) is 12.9. The molecule has 0 fully saturated rings. The number of benzene rings is 1. The van der Waals surface area contributed by atoms with Gasteiger partial charge in [0, 0.05) is 16.1 Å². The van der Waals surface area contributed by atoms with Gasteiger partial charge in [-0.3, -0.25) is 0 Å². The summed E-state index contributed by atoms with van der Waals surface area (Å²) in [6.07, 6.45) is 3.25. The third-order valence-corrected chi connectivity index (χ3v) is 4.45. The van der Waals surface area contributed by atoms with Crippen molar-refractivity contribution in [2.45, 2.75) is 40.0 Å². The minimum absolute atomic E-state index is 0.599. The summed E-state index contributed by atoms with van der Waals surface area (Å²) >= 11 is 12.3. The Labute approximate surface area is 139 Å². The molecule has 0 unspecified atom stereocenters. The number of aromatic nitrogens is 2. The topological polar surface area (TPSA) is 30.4 Å². The second-order valence-electron chi connectivity index (χ2n) is 5.52. The molecular formula is C17H18Cl2N2O. The SMILES string of the molecule is CCCCc1c(C)nn2c(-c3ccc(Cl)cc3Cl)c(C)oc12. The molecule has 1 aromatic carbocycles. The van der Waals surface area contributed by atoms with Crippen molar-refractivity contribution in [2.75, 3.05) is 0 Å². The fourth-order valence-electron chi connectivity index (χ4n) is 2.76. The van der Waals surface area contributed by atoms with Crippen LogP contribution in [0.2, 0.25) is 10.0 Å². The molecule has 0 amide bonds. The van der Waals surface area contributed by atoms with Crippen LogP contribution in [0.15, 0.2) is 22.6 Å². The molecular weight excluding hydrogens is 319 g/mol. The monoisotopic (exact) mass is 336 g/mol. The fourth-order valence-corrected chi connectivity index (χ4v) is 3.26. The van der Waals surface area contributed by atoms with Crippen molar-refractivity contribution in [3.05, 3.63) is 45.3 Å². The van der Waals surface area contributed by atoms with E-state index in [4.69, 9.17) is 27.6 Å². The first kappa shape index (κ1) is 15.4. The minimum atomic E-state index is 0.599. The summed E-state index contributed by atoms with van der Waals surface area (Å²) in [7, 11) is 0. The van der Waals surface area contributed by atoms with E-state index >= 15 is 0 Å². The molecule has 0 aliphatic rings. The maximum absolute atomic E-state index is 6.36. The predicted octanol–water partition coefficient (Wildman–Crippen LogP) is 5.86. The van der Waals surface area contributed by atoms with Gasteiger partial charge >= 0.3 is 0 Å². The molecule has 116 valence electrons. The van der Waals surface area contributed by atoms with E-state index in [0.717, 1.165) is 47.7 Å². The first-order valence-corrected chi connectivity index (χ1v) is 8.21. The summed E-state index contributed by atoms with van der Waals surface area (Å²) in [5, 5.41) is 5.87. The van der Waals surface area contributed by atoms with Gasteiger partial charge in [0.2, 0.25) is 5.71 Å². The number of rotatable bonds is 4. The molecule has 0 spiro atoms. The van der Waals surface area contributed by atoms with Gasteiger partial charge in [0.05, 0.1) is 10.7 Å². The van der Waals surface area contributed by atoms with E-state index in [2.05, 4.69) is 12.0 Å². The van der Waals surface area contributed by atoms with Gasteiger partial charge in [-0.05, 0) is 44.9 Å². The largest absolute Gasteiger partial charge is 0.441 e. The van der Waals surface area contributed by atoms with E-state index in [0.29, 0.717) is 10.0 Å². The lowest BCUT2D eigenvalue weighted by molar-refractivity contribution is 0.567. The van der Waals surface area contributed by atoms with Crippen molar-refractivity contribution in [3.8, 4) is 11.3 Å². The highest BCUT2D eigenvalue weighted by Crippen LogP contribution is 2.35. The Morgan fingerprint density at radius 2 is 2.00 bits per heavy atom. The smallest absolute Gasteiger partial charge is 0.225 e. The number of aryl methyl sites for hydroxylation is 3. The second kappa shape index (κ2) is 5.98. The van der Waals surface area contributed by atoms with Crippen molar-refractivity contribution in [1.29, 1.82) is 0 Å². The van der Waals surface area contributed by atoms with Crippen molar-refractivity contribution in [1.82, 2.24) is 9.61 Å². The molecule has 0 saturated heterocycles. The summed E-state index contributed by atoms with van der Waals surface area (Å²) in [4.78, 5) is 0. The number of fused-ring (bicyclic) bond motifs is 1. The third-order valence-electron chi connectivity index (χ3n) is 3.90. The number of oxazole rings is 1. The zero-order chi connectivity index (χ0) is 15.9. The number of halogens is 2. The van der Waals surface area contributed by atoms with Gasteiger partial charge in [0.25, 0.3) is 0 Å². The van der Waals surface area contributed by atoms with Crippen LogP contribution in [0.5, 0.6) is 0 Å². The lowest BCUT2D eigenvalue weighted by atomic mass is 10.1. The van der Waals surface area contributed by atoms with Gasteiger partial charge in [-0.2, -0.15) is 9.61 Å². The van der Waals surface area contributed by atoms with E-state index in [1.54, 1.807) is 6.07 Å². The van der Waals surface area contributed by atoms with Crippen molar-refractivity contribution in [3.63, 3.8) is 0 Å². The van der Waals surface area contributed by atoms with Crippen molar-refractivity contribution < 1.29 is 4.42 Å². The Balaban J connectivity index is 2.20. The standard InChI is InChI=1S/C17H18Cl2N2O/c1-4-5-6-13-10(2)20-21-16(11(3)22-17(13)21)14-8-7-12(18)9-15(14)19/h7-9H,4-6H2,1-3H3. The maximum atomic E-state index is 6.36. The van der Waals surface area contributed by atoms with E-state index in [-0.39, 0.29) is 0 Å². The summed E-state index contributed by atoms with van der Waals surface area (Å²) in [5.41, 5.74) is 4.79. The first-order chi connectivity index (χ1) is 10.5. The Morgan fingerprint density at radius 1 is 1.23 bits per heavy atom. The predicted molar refractivity (Wildman–Crippen MR) is 91.0 cm³/mol. The Kier molecular flexibility index (Phi) is 4.20. The van der Waals surface area contributed by atoms with Gasteiger partial charge in [0.1, 0.15) is 11.5 Å². The molecule has 0 atom stereocenters. The number of unbranched alkanes of at least 4 members (excludes halogenated alkanes) is 1. The van der Waals surface area contributed by atoms with Crippen molar-refractivity contribution in [2.24, 2.45) is 0 Å². The molecule has 0 aliphatic heterocycles. The number of hydrogen-bond acceptors (Lipinski definition) is 2. The molecule has 0 bridgehead atoms. The molecule has 3 nitrogen and oxygen atoms in total. The van der Waals surface area contributed by atoms with Gasteiger partial charge < -0.3 is 4.42 Å². The van der Waals surface area contributed by atoms with Crippen LogP contribution in [-0.2, 0) is 6.42 Å². The summed E-state index contributed by atoms with van der Waals surface area (Å²) < 4.78 is 7.86. The molecule has 0 N–H and O–H groups in total. The second-order valence-corrected chi connectivity index (χ2v) is 6.36. The van der Waals surface area contributed by atoms with Crippen LogP contribution in [0, 0.1) is 13.8 Å². The highest BCUT2D eigenvalue weighted by atomic mass is 35.5. The lowest BCUT2D eigenvalue weighted by Crippen LogP contribution is -1.91. The number of hydrogen-bond donors (Lipinski definition) is 0. The van der Waals surface area contributed by atoms with Crippen LogP contribution >= 0.6 is 23.2 Å². The van der Waals surface area contributed by atoms with Gasteiger partial charge in [-0.25, -0.2) is 0 Å². The molecule has 0 saturated carbocycles. The number of nitrogens with zero attached hydrogens (tertiary/aromatic N) is 2. The molecule has 3 aromatic rings. The zero-order valence-corrected chi connectivity index (χ0v) is 14.4. The average Bonchev–Trinajstić information content (AvgIpc) is 2.91. The molecule has 0 radical (unpaired) electrons.